The molecule has 0 aliphatic carbocycles. The van der Waals surface area contributed by atoms with E-state index in [1.807, 2.05) is 0 Å². The first-order valence-corrected chi connectivity index (χ1v) is 4.75. The first kappa shape index (κ1) is 8.91. The van der Waals surface area contributed by atoms with Crippen LogP contribution in [0, 0.1) is 5.82 Å². The zero-order valence-electron chi connectivity index (χ0n) is 6.39. The summed E-state index contributed by atoms with van der Waals surface area (Å²) in [6.45, 7) is 0. The van der Waals surface area contributed by atoms with E-state index in [1.165, 1.54) is 6.07 Å². The number of hydrogen-bond acceptors (Lipinski definition) is 1. The molecule has 0 unspecified atom stereocenters. The zero-order chi connectivity index (χ0) is 9.42. The Morgan fingerprint density at radius 1 is 1.38 bits per heavy atom. The first-order valence-electron chi connectivity index (χ1n) is 3.58. The van der Waals surface area contributed by atoms with Crippen LogP contribution in [0.3, 0.4) is 0 Å². The molecule has 0 radical (unpaired) electrons. The van der Waals surface area contributed by atoms with Gasteiger partial charge in [0.1, 0.15) is 5.82 Å². The Labute approximate surface area is 87.7 Å². The molecule has 2 rings (SSSR count). The highest BCUT2D eigenvalue weighted by molar-refractivity contribution is 9.10. The average Bonchev–Trinajstić information content (AvgIpc) is 2.12. The van der Waals surface area contributed by atoms with E-state index in [0.29, 0.717) is 10.9 Å². The summed E-state index contributed by atoms with van der Waals surface area (Å²) in [5.41, 5.74) is 0.689. The summed E-state index contributed by atoms with van der Waals surface area (Å²) in [5.74, 6) is -0.422. The first-order chi connectivity index (χ1) is 6.18. The quantitative estimate of drug-likeness (QED) is 0.702. The number of pyridine rings is 1. The van der Waals surface area contributed by atoms with E-state index in [4.69, 9.17) is 11.6 Å². The summed E-state index contributed by atoms with van der Waals surface area (Å²) in [5, 5.41) is 0.738. The van der Waals surface area contributed by atoms with Gasteiger partial charge in [0.2, 0.25) is 0 Å². The minimum atomic E-state index is -0.422. The Morgan fingerprint density at radius 2 is 2.15 bits per heavy atom. The van der Waals surface area contributed by atoms with Gasteiger partial charge in [0.15, 0.2) is 0 Å². The molecule has 1 heterocycles. The standard InChI is InChI=1S/C9H4BrClFN/c10-5-3-6-8(13-4-5)2-1-7(12)9(6)11/h1-4H. The zero-order valence-corrected chi connectivity index (χ0v) is 8.73. The third-order valence-electron chi connectivity index (χ3n) is 1.72. The molecule has 0 spiro atoms. The van der Waals surface area contributed by atoms with Gasteiger partial charge in [-0.15, -0.1) is 0 Å². The lowest BCUT2D eigenvalue weighted by Gasteiger charge is -2.00. The number of halogens is 3. The fourth-order valence-electron chi connectivity index (χ4n) is 1.11. The predicted molar refractivity (Wildman–Crippen MR) is 54.4 cm³/mol. The van der Waals surface area contributed by atoms with E-state index >= 15 is 0 Å². The Balaban J connectivity index is 2.89. The van der Waals surface area contributed by atoms with E-state index < -0.39 is 5.82 Å². The van der Waals surface area contributed by atoms with Crippen molar-refractivity contribution >= 4 is 38.4 Å². The highest BCUT2D eigenvalue weighted by Crippen LogP contribution is 2.26. The van der Waals surface area contributed by atoms with Crippen LogP contribution >= 0.6 is 27.5 Å². The molecular weight excluding hydrogens is 256 g/mol. The predicted octanol–water partition coefficient (Wildman–Crippen LogP) is 3.79. The van der Waals surface area contributed by atoms with Gasteiger partial charge in [-0.25, -0.2) is 4.39 Å². The molecule has 0 bridgehead atoms. The van der Waals surface area contributed by atoms with Crippen LogP contribution in [0.15, 0.2) is 28.9 Å². The van der Waals surface area contributed by atoms with E-state index in [9.17, 15) is 4.39 Å². The second-order valence-corrected chi connectivity index (χ2v) is 3.88. The van der Waals surface area contributed by atoms with Crippen molar-refractivity contribution in [2.45, 2.75) is 0 Å². The summed E-state index contributed by atoms with van der Waals surface area (Å²) >= 11 is 9.01. The van der Waals surface area contributed by atoms with Crippen molar-refractivity contribution in [2.24, 2.45) is 0 Å². The molecule has 4 heteroatoms. The van der Waals surface area contributed by atoms with Gasteiger partial charge >= 0.3 is 0 Å². The Kier molecular flexibility index (Phi) is 2.22. The van der Waals surface area contributed by atoms with Crippen LogP contribution in [-0.2, 0) is 0 Å². The highest BCUT2D eigenvalue weighted by Gasteiger charge is 2.05. The van der Waals surface area contributed by atoms with Crippen LogP contribution in [-0.4, -0.2) is 4.98 Å². The number of hydrogen-bond donors (Lipinski definition) is 0. The van der Waals surface area contributed by atoms with Crippen molar-refractivity contribution in [3.63, 3.8) is 0 Å². The molecule has 0 aliphatic rings. The van der Waals surface area contributed by atoms with E-state index in [2.05, 4.69) is 20.9 Å². The molecule has 66 valence electrons. The van der Waals surface area contributed by atoms with Crippen molar-refractivity contribution in [3.8, 4) is 0 Å². The summed E-state index contributed by atoms with van der Waals surface area (Å²) in [7, 11) is 0. The number of benzene rings is 1. The molecule has 0 saturated heterocycles. The van der Waals surface area contributed by atoms with Crippen molar-refractivity contribution in [1.82, 2.24) is 4.98 Å². The van der Waals surface area contributed by atoms with Gasteiger partial charge in [0.05, 0.1) is 10.5 Å². The Bertz CT molecular complexity index is 467. The van der Waals surface area contributed by atoms with E-state index in [1.54, 1.807) is 18.3 Å². The molecule has 0 fully saturated rings. The van der Waals surface area contributed by atoms with Crippen molar-refractivity contribution in [2.75, 3.05) is 0 Å². The average molecular weight is 260 g/mol. The van der Waals surface area contributed by atoms with Crippen LogP contribution in [0.25, 0.3) is 10.9 Å². The maximum Gasteiger partial charge on any atom is 0.142 e. The van der Waals surface area contributed by atoms with Crippen molar-refractivity contribution in [1.29, 1.82) is 0 Å². The van der Waals surface area contributed by atoms with Gasteiger partial charge in [-0.2, -0.15) is 0 Å². The second kappa shape index (κ2) is 3.24. The van der Waals surface area contributed by atoms with E-state index in [0.717, 1.165) is 4.47 Å². The van der Waals surface area contributed by atoms with Crippen LogP contribution in [0.5, 0.6) is 0 Å². The number of nitrogens with zero attached hydrogens (tertiary/aromatic N) is 1. The fourth-order valence-corrected chi connectivity index (χ4v) is 1.66. The molecule has 0 N–H and O–H groups in total. The highest BCUT2D eigenvalue weighted by atomic mass is 79.9. The van der Waals surface area contributed by atoms with Crippen LogP contribution in [0.1, 0.15) is 0 Å². The van der Waals surface area contributed by atoms with E-state index in [-0.39, 0.29) is 5.02 Å². The molecule has 2 aromatic rings. The molecule has 1 aromatic heterocycles. The third-order valence-corrected chi connectivity index (χ3v) is 2.54. The van der Waals surface area contributed by atoms with Gasteiger partial charge in [-0.1, -0.05) is 11.6 Å². The molecule has 1 nitrogen and oxygen atoms in total. The maximum absolute atomic E-state index is 13.0. The summed E-state index contributed by atoms with van der Waals surface area (Å²) in [4.78, 5) is 4.08. The molecule has 13 heavy (non-hydrogen) atoms. The normalized spacial score (nSPS) is 10.7. The molecule has 0 saturated carbocycles. The van der Waals surface area contributed by atoms with Crippen molar-refractivity contribution < 1.29 is 4.39 Å². The lowest BCUT2D eigenvalue weighted by atomic mass is 10.2. The van der Waals surface area contributed by atoms with Crippen LogP contribution in [0.2, 0.25) is 5.02 Å². The lowest BCUT2D eigenvalue weighted by Crippen LogP contribution is -1.83. The maximum atomic E-state index is 13.0. The second-order valence-electron chi connectivity index (χ2n) is 2.58. The van der Waals surface area contributed by atoms with Gasteiger partial charge in [-0.05, 0) is 34.1 Å². The smallest absolute Gasteiger partial charge is 0.142 e. The SMILES string of the molecule is Fc1ccc2ncc(Br)cc2c1Cl. The molecule has 0 atom stereocenters. The monoisotopic (exact) mass is 259 g/mol. The fraction of sp³-hybridized carbons (Fsp3) is 0. The summed E-state index contributed by atoms with van der Waals surface area (Å²) in [6, 6.07) is 4.66. The van der Waals surface area contributed by atoms with Gasteiger partial charge < -0.3 is 0 Å². The van der Waals surface area contributed by atoms with Gasteiger partial charge in [-0.3, -0.25) is 4.98 Å². The topological polar surface area (TPSA) is 12.9 Å². The number of aromatic nitrogens is 1. The summed E-state index contributed by atoms with van der Waals surface area (Å²) in [6.07, 6.45) is 1.65. The molecular formula is C9H4BrClFN. The third kappa shape index (κ3) is 1.54. The number of fused-ring (bicyclic) bond motifs is 1. The van der Waals surface area contributed by atoms with Gasteiger partial charge in [0.25, 0.3) is 0 Å². The Hall–Kier alpha value is -0.670. The van der Waals surface area contributed by atoms with Gasteiger partial charge in [0, 0.05) is 16.1 Å². The minimum absolute atomic E-state index is 0.117. The van der Waals surface area contributed by atoms with Crippen LogP contribution < -0.4 is 0 Å². The Morgan fingerprint density at radius 3 is 2.92 bits per heavy atom. The molecule has 1 aromatic carbocycles. The minimum Gasteiger partial charge on any atom is -0.255 e. The summed E-state index contributed by atoms with van der Waals surface area (Å²) < 4.78 is 13.8. The van der Waals surface area contributed by atoms with Crippen molar-refractivity contribution in [3.05, 3.63) is 39.7 Å². The molecule has 0 aliphatic heterocycles. The lowest BCUT2D eigenvalue weighted by molar-refractivity contribution is 0.630. The largest absolute Gasteiger partial charge is 0.255 e. The number of rotatable bonds is 0. The van der Waals surface area contributed by atoms with Crippen LogP contribution in [0.4, 0.5) is 4.39 Å². The molecule has 0 amide bonds.